The molecule has 0 radical (unpaired) electrons. The van der Waals surface area contributed by atoms with Crippen LogP contribution in [0, 0.1) is 16.7 Å². The summed E-state index contributed by atoms with van der Waals surface area (Å²) in [6.07, 6.45) is 3.79. The molecule has 2 saturated carbocycles. The van der Waals surface area contributed by atoms with E-state index in [-0.39, 0.29) is 11.3 Å². The molecular weight excluding hydrogens is 250 g/mol. The Bertz CT molecular complexity index is 389. The van der Waals surface area contributed by atoms with Gasteiger partial charge in [-0.25, -0.2) is 0 Å². The number of amides is 1. The first-order valence-corrected chi connectivity index (χ1v) is 8.16. The lowest BCUT2D eigenvalue weighted by Gasteiger charge is -2.39. The average molecular weight is 279 g/mol. The number of fused-ring (bicyclic) bond motifs is 2. The summed E-state index contributed by atoms with van der Waals surface area (Å²) in [4.78, 5) is 14.6. The van der Waals surface area contributed by atoms with Gasteiger partial charge in [-0.15, -0.1) is 0 Å². The fourth-order valence-electron chi connectivity index (χ4n) is 4.73. The van der Waals surface area contributed by atoms with Crippen molar-refractivity contribution in [3.8, 4) is 0 Å². The third-order valence-electron chi connectivity index (χ3n) is 6.71. The summed E-state index contributed by atoms with van der Waals surface area (Å²) < 4.78 is 0. The second-order valence-corrected chi connectivity index (χ2v) is 7.76. The lowest BCUT2D eigenvalue weighted by atomic mass is 9.69. The lowest BCUT2D eigenvalue weighted by molar-refractivity contribution is -0.124. The second kappa shape index (κ2) is 4.99. The van der Waals surface area contributed by atoms with Crippen LogP contribution < -0.4 is 10.6 Å². The van der Waals surface area contributed by atoms with Crippen LogP contribution in [-0.2, 0) is 4.79 Å². The highest BCUT2D eigenvalue weighted by molar-refractivity contribution is 5.78. The lowest BCUT2D eigenvalue weighted by Crippen LogP contribution is -2.52. The first-order chi connectivity index (χ1) is 9.43. The molecule has 3 rings (SSSR count). The van der Waals surface area contributed by atoms with E-state index in [1.807, 2.05) is 0 Å². The summed E-state index contributed by atoms with van der Waals surface area (Å²) in [6.45, 7) is 11.7. The number of hydrogen-bond donors (Lipinski definition) is 2. The van der Waals surface area contributed by atoms with E-state index in [4.69, 9.17) is 0 Å². The standard InChI is InChI=1S/C16H29N3O/c1-15(2)12-4-5-16(15,3)13(10-12)18-14(20)11-19-8-6-17-7-9-19/h12-13,17H,4-11H2,1-3H3,(H,18,20). The number of hydrogen-bond acceptors (Lipinski definition) is 3. The van der Waals surface area contributed by atoms with Gasteiger partial charge in [0, 0.05) is 32.2 Å². The maximum atomic E-state index is 12.3. The van der Waals surface area contributed by atoms with Crippen LogP contribution in [0.25, 0.3) is 0 Å². The van der Waals surface area contributed by atoms with E-state index in [1.54, 1.807) is 0 Å². The van der Waals surface area contributed by atoms with Crippen LogP contribution in [0.15, 0.2) is 0 Å². The zero-order valence-electron chi connectivity index (χ0n) is 13.2. The minimum absolute atomic E-state index is 0.224. The highest BCUT2D eigenvalue weighted by atomic mass is 16.2. The zero-order valence-corrected chi connectivity index (χ0v) is 13.2. The Morgan fingerprint density at radius 1 is 1.30 bits per heavy atom. The van der Waals surface area contributed by atoms with Gasteiger partial charge in [-0.3, -0.25) is 9.69 Å². The fourth-order valence-corrected chi connectivity index (χ4v) is 4.73. The van der Waals surface area contributed by atoms with Gasteiger partial charge in [0.2, 0.25) is 5.91 Å². The first-order valence-electron chi connectivity index (χ1n) is 8.16. The summed E-state index contributed by atoms with van der Waals surface area (Å²) in [7, 11) is 0. The van der Waals surface area contributed by atoms with Crippen LogP contribution in [0.3, 0.4) is 0 Å². The van der Waals surface area contributed by atoms with Gasteiger partial charge in [0.1, 0.15) is 0 Å². The van der Waals surface area contributed by atoms with Crippen molar-refractivity contribution < 1.29 is 4.79 Å². The Kier molecular flexibility index (Phi) is 3.57. The van der Waals surface area contributed by atoms with Crippen molar-refractivity contribution in [1.82, 2.24) is 15.5 Å². The molecule has 1 aliphatic heterocycles. The molecule has 1 amide bonds. The number of carbonyl (C=O) groups excluding carboxylic acids is 1. The average Bonchev–Trinajstić information content (AvgIpc) is 2.73. The highest BCUT2D eigenvalue weighted by Gasteiger charge is 2.61. The Balaban J connectivity index is 1.57. The van der Waals surface area contributed by atoms with Gasteiger partial charge in [-0.2, -0.15) is 0 Å². The summed E-state index contributed by atoms with van der Waals surface area (Å²) >= 11 is 0. The van der Waals surface area contributed by atoms with E-state index in [2.05, 4.69) is 36.3 Å². The molecule has 3 unspecified atom stereocenters. The van der Waals surface area contributed by atoms with Gasteiger partial charge < -0.3 is 10.6 Å². The largest absolute Gasteiger partial charge is 0.352 e. The highest BCUT2D eigenvalue weighted by Crippen LogP contribution is 2.65. The predicted molar refractivity (Wildman–Crippen MR) is 80.5 cm³/mol. The quantitative estimate of drug-likeness (QED) is 0.816. The second-order valence-electron chi connectivity index (χ2n) is 7.76. The van der Waals surface area contributed by atoms with Crippen LogP contribution in [0.4, 0.5) is 0 Å². The molecule has 3 fully saturated rings. The molecule has 0 aromatic rings. The molecule has 20 heavy (non-hydrogen) atoms. The molecule has 4 heteroatoms. The van der Waals surface area contributed by atoms with Crippen LogP contribution in [-0.4, -0.2) is 49.6 Å². The maximum absolute atomic E-state index is 12.3. The number of rotatable bonds is 3. The van der Waals surface area contributed by atoms with Crippen molar-refractivity contribution in [2.45, 2.75) is 46.1 Å². The third kappa shape index (κ3) is 2.17. The summed E-state index contributed by atoms with van der Waals surface area (Å²) in [6, 6.07) is 0.381. The molecule has 4 nitrogen and oxygen atoms in total. The minimum atomic E-state index is 0.224. The van der Waals surface area contributed by atoms with E-state index < -0.39 is 0 Å². The molecule has 0 spiro atoms. The SMILES string of the molecule is CC1(C)C2CCC1(C)C(NC(=O)CN1CCNCC1)C2. The van der Waals surface area contributed by atoms with Gasteiger partial charge in [-0.1, -0.05) is 20.8 Å². The van der Waals surface area contributed by atoms with Gasteiger partial charge in [0.15, 0.2) is 0 Å². The maximum Gasteiger partial charge on any atom is 0.234 e. The first kappa shape index (κ1) is 14.3. The predicted octanol–water partition coefficient (Wildman–Crippen LogP) is 1.22. The number of nitrogens with one attached hydrogen (secondary N) is 2. The van der Waals surface area contributed by atoms with Crippen molar-refractivity contribution in [3.05, 3.63) is 0 Å². The van der Waals surface area contributed by atoms with Crippen LogP contribution in [0.5, 0.6) is 0 Å². The Hall–Kier alpha value is -0.610. The summed E-state index contributed by atoms with van der Waals surface area (Å²) in [5, 5.41) is 6.68. The third-order valence-corrected chi connectivity index (χ3v) is 6.71. The summed E-state index contributed by atoms with van der Waals surface area (Å²) in [5.74, 6) is 1.01. The van der Waals surface area contributed by atoms with E-state index in [0.717, 1.165) is 32.1 Å². The Labute approximate surface area is 122 Å². The molecule has 1 saturated heterocycles. The van der Waals surface area contributed by atoms with Gasteiger partial charge in [-0.05, 0) is 36.0 Å². The smallest absolute Gasteiger partial charge is 0.234 e. The van der Waals surface area contributed by atoms with Crippen LogP contribution in [0.2, 0.25) is 0 Å². The normalized spacial score (nSPS) is 40.0. The van der Waals surface area contributed by atoms with Gasteiger partial charge >= 0.3 is 0 Å². The molecule has 0 aromatic carbocycles. The number of carbonyl (C=O) groups is 1. The van der Waals surface area contributed by atoms with Crippen LogP contribution >= 0.6 is 0 Å². The molecule has 2 N–H and O–H groups in total. The van der Waals surface area contributed by atoms with Gasteiger partial charge in [0.05, 0.1) is 6.54 Å². The zero-order chi connectivity index (χ0) is 14.4. The van der Waals surface area contributed by atoms with Gasteiger partial charge in [0.25, 0.3) is 0 Å². The van der Waals surface area contributed by atoms with Crippen molar-refractivity contribution in [1.29, 1.82) is 0 Å². The van der Waals surface area contributed by atoms with Crippen molar-refractivity contribution in [2.24, 2.45) is 16.7 Å². The van der Waals surface area contributed by atoms with Crippen LogP contribution in [0.1, 0.15) is 40.0 Å². The van der Waals surface area contributed by atoms with Crippen molar-refractivity contribution >= 4 is 5.91 Å². The van der Waals surface area contributed by atoms with E-state index in [9.17, 15) is 4.79 Å². The monoisotopic (exact) mass is 279 g/mol. The Morgan fingerprint density at radius 3 is 2.55 bits per heavy atom. The molecule has 1 heterocycles. The van der Waals surface area contributed by atoms with Crippen molar-refractivity contribution in [3.63, 3.8) is 0 Å². The van der Waals surface area contributed by atoms with E-state index in [1.165, 1.54) is 19.3 Å². The molecule has 3 aliphatic rings. The molecular formula is C16H29N3O. The van der Waals surface area contributed by atoms with E-state index >= 15 is 0 Å². The topological polar surface area (TPSA) is 44.4 Å². The molecule has 114 valence electrons. The minimum Gasteiger partial charge on any atom is -0.352 e. The number of nitrogens with zero attached hydrogens (tertiary/aromatic N) is 1. The Morgan fingerprint density at radius 2 is 2.00 bits per heavy atom. The van der Waals surface area contributed by atoms with E-state index in [0.29, 0.717) is 18.0 Å². The summed E-state index contributed by atoms with van der Waals surface area (Å²) in [5.41, 5.74) is 0.663. The molecule has 0 aromatic heterocycles. The fraction of sp³-hybridized carbons (Fsp3) is 0.938. The molecule has 2 aliphatic carbocycles. The van der Waals surface area contributed by atoms with Crippen molar-refractivity contribution in [2.75, 3.05) is 32.7 Å². The number of piperazine rings is 1. The molecule has 3 atom stereocenters. The molecule has 2 bridgehead atoms.